The van der Waals surface area contributed by atoms with Crippen molar-refractivity contribution in [1.82, 2.24) is 20.3 Å². The predicted octanol–water partition coefficient (Wildman–Crippen LogP) is 2.78. The second-order valence-electron chi connectivity index (χ2n) is 5.63. The number of aliphatic imine (C=N–C) groups is 1. The maximum Gasteiger partial charge on any atom is 0.194 e. The van der Waals surface area contributed by atoms with E-state index in [0.29, 0.717) is 6.54 Å². The summed E-state index contributed by atoms with van der Waals surface area (Å²) in [6.45, 7) is 8.58. The van der Waals surface area contributed by atoms with E-state index in [-0.39, 0.29) is 0 Å². The minimum absolute atomic E-state index is 0.544. The fourth-order valence-electron chi connectivity index (χ4n) is 2.68. The maximum atomic E-state index is 4.86. The third-order valence-electron chi connectivity index (χ3n) is 3.90. The lowest BCUT2D eigenvalue weighted by Crippen LogP contribution is -2.52. The number of piperazine rings is 1. The van der Waals surface area contributed by atoms with Gasteiger partial charge in [-0.3, -0.25) is 4.90 Å². The van der Waals surface area contributed by atoms with Gasteiger partial charge >= 0.3 is 0 Å². The van der Waals surface area contributed by atoms with Crippen LogP contribution in [-0.4, -0.2) is 53.6 Å². The highest BCUT2D eigenvalue weighted by Gasteiger charge is 2.20. The summed E-state index contributed by atoms with van der Waals surface area (Å²) in [4.78, 5) is 10.9. The number of hydrogen-bond acceptors (Lipinski definition) is 5. The van der Waals surface area contributed by atoms with E-state index in [1.807, 2.05) is 17.4 Å². The van der Waals surface area contributed by atoms with Crippen LogP contribution in [0.3, 0.4) is 0 Å². The van der Waals surface area contributed by atoms with Crippen LogP contribution < -0.4 is 5.32 Å². The number of guanidine groups is 1. The molecule has 3 rings (SSSR count). The van der Waals surface area contributed by atoms with Crippen LogP contribution in [0.5, 0.6) is 0 Å². The summed E-state index contributed by atoms with van der Waals surface area (Å²) in [5.41, 5.74) is 0.854. The van der Waals surface area contributed by atoms with E-state index < -0.39 is 0 Å². The van der Waals surface area contributed by atoms with E-state index in [1.54, 1.807) is 6.26 Å². The van der Waals surface area contributed by atoms with Crippen LogP contribution >= 0.6 is 27.3 Å². The van der Waals surface area contributed by atoms with Gasteiger partial charge in [0, 0.05) is 50.2 Å². The Morgan fingerprint density at radius 1 is 1.33 bits per heavy atom. The van der Waals surface area contributed by atoms with Gasteiger partial charge < -0.3 is 14.7 Å². The topological polar surface area (TPSA) is 56.9 Å². The zero-order valence-electron chi connectivity index (χ0n) is 13.7. The lowest BCUT2D eigenvalue weighted by molar-refractivity contribution is 0.173. The fourth-order valence-corrected chi connectivity index (χ4v) is 4.20. The van der Waals surface area contributed by atoms with Gasteiger partial charge in [-0.15, -0.1) is 11.3 Å². The van der Waals surface area contributed by atoms with Gasteiger partial charge in [0.1, 0.15) is 12.0 Å². The number of hydrogen-bond donors (Lipinski definition) is 1. The number of rotatable bonds is 5. The molecule has 1 fully saturated rings. The molecule has 8 heteroatoms. The van der Waals surface area contributed by atoms with Crippen molar-refractivity contribution in [3.8, 4) is 0 Å². The average molecular weight is 412 g/mol. The molecule has 130 valence electrons. The van der Waals surface area contributed by atoms with Gasteiger partial charge in [0.15, 0.2) is 5.96 Å². The normalized spacial score (nSPS) is 16.6. The van der Waals surface area contributed by atoms with Crippen LogP contribution in [0.4, 0.5) is 0 Å². The van der Waals surface area contributed by atoms with Gasteiger partial charge in [0.05, 0.1) is 10.3 Å². The Hall–Kier alpha value is -1.38. The Morgan fingerprint density at radius 3 is 2.79 bits per heavy atom. The molecule has 1 N–H and O–H groups in total. The van der Waals surface area contributed by atoms with Crippen molar-refractivity contribution < 1.29 is 4.52 Å². The summed E-state index contributed by atoms with van der Waals surface area (Å²) in [6, 6.07) is 6.17. The third kappa shape index (κ3) is 4.81. The van der Waals surface area contributed by atoms with Gasteiger partial charge in [-0.1, -0.05) is 5.16 Å². The van der Waals surface area contributed by atoms with Gasteiger partial charge in [0.25, 0.3) is 0 Å². The number of nitrogens with one attached hydrogen (secondary N) is 1. The molecular weight excluding hydrogens is 390 g/mol. The summed E-state index contributed by atoms with van der Waals surface area (Å²) < 4.78 is 6.06. The molecule has 3 heterocycles. The summed E-state index contributed by atoms with van der Waals surface area (Å²) in [7, 11) is 0. The summed E-state index contributed by atoms with van der Waals surface area (Å²) in [5.74, 6) is 0.957. The predicted molar refractivity (Wildman–Crippen MR) is 100 cm³/mol. The standard InChI is InChI=1S/C16H22BrN5OS/c1-2-18-16(19-11-13-5-10-23-20-13)22-8-6-21(7-9-22)12-14-3-4-15(17)24-14/h3-5,10H,2,6-9,11-12H2,1H3,(H,18,19). The Kier molecular flexibility index (Phi) is 6.28. The molecule has 0 aliphatic carbocycles. The van der Waals surface area contributed by atoms with Crippen LogP contribution in [0.2, 0.25) is 0 Å². The first-order valence-corrected chi connectivity index (χ1v) is 9.74. The molecule has 0 atom stereocenters. The highest BCUT2D eigenvalue weighted by Crippen LogP contribution is 2.23. The first kappa shape index (κ1) is 17.4. The van der Waals surface area contributed by atoms with Gasteiger partial charge in [-0.2, -0.15) is 0 Å². The molecule has 0 unspecified atom stereocenters. The van der Waals surface area contributed by atoms with E-state index in [1.165, 1.54) is 8.66 Å². The number of nitrogens with zero attached hydrogens (tertiary/aromatic N) is 4. The van der Waals surface area contributed by atoms with Crippen LogP contribution in [0.1, 0.15) is 17.5 Å². The molecule has 2 aromatic heterocycles. The van der Waals surface area contributed by atoms with Crippen molar-refractivity contribution in [3.05, 3.63) is 38.8 Å². The SMILES string of the molecule is CCNC(=NCc1ccon1)N1CCN(Cc2ccc(Br)s2)CC1. The summed E-state index contributed by atoms with van der Waals surface area (Å²) in [5, 5.41) is 7.29. The summed E-state index contributed by atoms with van der Waals surface area (Å²) >= 11 is 5.35. The monoisotopic (exact) mass is 411 g/mol. The van der Waals surface area contributed by atoms with Crippen LogP contribution in [0, 0.1) is 0 Å². The van der Waals surface area contributed by atoms with E-state index in [9.17, 15) is 0 Å². The second-order valence-corrected chi connectivity index (χ2v) is 8.18. The zero-order chi connectivity index (χ0) is 16.8. The molecule has 0 bridgehead atoms. The molecule has 0 saturated carbocycles. The Bertz CT molecular complexity index is 649. The largest absolute Gasteiger partial charge is 0.364 e. The Labute approximate surface area is 154 Å². The van der Waals surface area contributed by atoms with E-state index in [2.05, 4.69) is 60.3 Å². The third-order valence-corrected chi connectivity index (χ3v) is 5.51. The fraction of sp³-hybridized carbons (Fsp3) is 0.500. The first-order chi connectivity index (χ1) is 11.7. The van der Waals surface area contributed by atoms with Crippen molar-refractivity contribution in [1.29, 1.82) is 0 Å². The molecule has 1 aliphatic rings. The number of aromatic nitrogens is 1. The second kappa shape index (κ2) is 8.64. The highest BCUT2D eigenvalue weighted by atomic mass is 79.9. The number of thiophene rings is 1. The molecule has 0 amide bonds. The first-order valence-electron chi connectivity index (χ1n) is 8.13. The minimum Gasteiger partial charge on any atom is -0.364 e. The average Bonchev–Trinajstić information content (AvgIpc) is 3.24. The van der Waals surface area contributed by atoms with Gasteiger partial charge in [-0.25, -0.2) is 4.99 Å². The van der Waals surface area contributed by atoms with Crippen LogP contribution in [0.25, 0.3) is 0 Å². The highest BCUT2D eigenvalue weighted by molar-refractivity contribution is 9.11. The molecule has 1 saturated heterocycles. The Morgan fingerprint density at radius 2 is 2.17 bits per heavy atom. The van der Waals surface area contributed by atoms with E-state index >= 15 is 0 Å². The minimum atomic E-state index is 0.544. The molecule has 2 aromatic rings. The molecule has 0 spiro atoms. The van der Waals surface area contributed by atoms with Gasteiger partial charge in [-0.05, 0) is 35.0 Å². The van der Waals surface area contributed by atoms with Crippen molar-refractivity contribution >= 4 is 33.2 Å². The maximum absolute atomic E-state index is 4.86. The van der Waals surface area contributed by atoms with E-state index in [0.717, 1.165) is 50.9 Å². The smallest absolute Gasteiger partial charge is 0.194 e. The molecular formula is C16H22BrN5OS. The van der Waals surface area contributed by atoms with Crippen molar-refractivity contribution in [2.45, 2.75) is 20.0 Å². The number of halogens is 1. The van der Waals surface area contributed by atoms with Gasteiger partial charge in [0.2, 0.25) is 0 Å². The summed E-state index contributed by atoms with van der Waals surface area (Å²) in [6.07, 6.45) is 1.58. The van der Waals surface area contributed by atoms with E-state index in [4.69, 9.17) is 4.52 Å². The lowest BCUT2D eigenvalue weighted by atomic mass is 10.3. The lowest BCUT2D eigenvalue weighted by Gasteiger charge is -2.36. The molecule has 0 aromatic carbocycles. The van der Waals surface area contributed by atoms with Crippen molar-refractivity contribution in [2.75, 3.05) is 32.7 Å². The molecule has 24 heavy (non-hydrogen) atoms. The van der Waals surface area contributed by atoms with Crippen molar-refractivity contribution in [3.63, 3.8) is 0 Å². The molecule has 1 aliphatic heterocycles. The quantitative estimate of drug-likeness (QED) is 0.605. The van der Waals surface area contributed by atoms with Crippen LogP contribution in [-0.2, 0) is 13.1 Å². The van der Waals surface area contributed by atoms with Crippen molar-refractivity contribution in [2.24, 2.45) is 4.99 Å². The molecule has 0 radical (unpaired) electrons. The Balaban J connectivity index is 1.53. The molecule has 6 nitrogen and oxygen atoms in total. The van der Waals surface area contributed by atoms with Crippen LogP contribution in [0.15, 0.2) is 37.8 Å². The zero-order valence-corrected chi connectivity index (χ0v) is 16.1.